The molecule has 5 heterocycles. The van der Waals surface area contributed by atoms with Gasteiger partial charge in [0.2, 0.25) is 10.0 Å². The predicted molar refractivity (Wildman–Crippen MR) is 221 cm³/mol. The van der Waals surface area contributed by atoms with Crippen LogP contribution in [0.2, 0.25) is 5.02 Å². The van der Waals surface area contributed by atoms with E-state index in [0.29, 0.717) is 43.7 Å². The summed E-state index contributed by atoms with van der Waals surface area (Å²) in [7, 11) is -0.720. The van der Waals surface area contributed by atoms with Crippen molar-refractivity contribution in [1.82, 2.24) is 19.5 Å². The summed E-state index contributed by atoms with van der Waals surface area (Å²) >= 11 is 6.53. The molecule has 12 nitrogen and oxygen atoms in total. The molecule has 1 saturated carbocycles. The molecular weight excluding hydrogens is 766 g/mol. The van der Waals surface area contributed by atoms with E-state index in [1.54, 1.807) is 19.2 Å². The highest BCUT2D eigenvalue weighted by Gasteiger charge is 2.56. The molecule has 1 aromatic heterocycles. The van der Waals surface area contributed by atoms with Crippen LogP contribution in [0, 0.1) is 17.3 Å². The molecule has 3 fully saturated rings. The van der Waals surface area contributed by atoms with E-state index < -0.39 is 26.8 Å². The standard InChI is InChI=1S/C43H60ClN5O7S/c1-30-7-5-16-43(54-4,28-47-18-19-48-20-22-55-25-33(48)24-47)38-13-17-41(38,2)26-49-27-42(15-6-8-31-23-32(44)9-10-34(31)42)29-56-36-12-11-35(45-39(36)49)40(50)46-57(51,52)37(30)14-21-53-3/h5,9-12,16,23,30,33,37-38H,6-8,13-15,17-22,24-29H2,1-4H3,(H,46,50)/b16-5+/t30-,33-,37+,38+,41?,42-,43+/m0/s1. The molecule has 312 valence electrons. The Balaban J connectivity index is 1.22. The van der Waals surface area contributed by atoms with Crippen LogP contribution in [-0.4, -0.2) is 132 Å². The first-order valence-electron chi connectivity index (χ1n) is 20.9. The van der Waals surface area contributed by atoms with Crippen molar-refractivity contribution >= 4 is 33.3 Å². The molecule has 14 heteroatoms. The van der Waals surface area contributed by atoms with Crippen LogP contribution in [0.15, 0.2) is 42.5 Å². The Labute approximate surface area is 343 Å². The Kier molecular flexibility index (Phi) is 11.8. The highest BCUT2D eigenvalue weighted by molar-refractivity contribution is 7.90. The SMILES string of the molecule is COCC[C@@H]1[C@@H](C)C/C=C/[C@](CN2CCN3CCOC[C@@H]3C2)(OC)[C@@H]2CCC2(C)CN2C[C@@]3(CCCc4cc(Cl)ccc43)COc3ccc(nc32)C(=O)NS1(=O)=O. The van der Waals surface area contributed by atoms with E-state index in [1.807, 2.05) is 20.1 Å². The van der Waals surface area contributed by atoms with Crippen LogP contribution in [-0.2, 0) is 36.1 Å². The quantitative estimate of drug-likeness (QED) is 0.393. The lowest BCUT2D eigenvalue weighted by Gasteiger charge is -2.58. The summed E-state index contributed by atoms with van der Waals surface area (Å²) in [4.78, 5) is 26.3. The van der Waals surface area contributed by atoms with Gasteiger partial charge in [-0.3, -0.25) is 14.6 Å². The van der Waals surface area contributed by atoms with Gasteiger partial charge in [-0.1, -0.05) is 43.7 Å². The van der Waals surface area contributed by atoms with Crippen LogP contribution in [0.1, 0.15) is 74.0 Å². The number of methoxy groups -OCH3 is 2. The summed E-state index contributed by atoms with van der Waals surface area (Å²) in [5.74, 6) is 0.239. The van der Waals surface area contributed by atoms with Gasteiger partial charge in [0.25, 0.3) is 5.91 Å². The zero-order chi connectivity index (χ0) is 40.0. The average Bonchev–Trinajstić information content (AvgIpc) is 3.33. The van der Waals surface area contributed by atoms with Gasteiger partial charge in [-0.05, 0) is 97.6 Å². The highest BCUT2D eigenvalue weighted by atomic mass is 35.5. The molecule has 1 N–H and O–H groups in total. The fourth-order valence-electron chi connectivity index (χ4n) is 11.1. The Morgan fingerprint density at radius 1 is 1.11 bits per heavy atom. The molecule has 1 unspecified atom stereocenters. The van der Waals surface area contributed by atoms with E-state index in [-0.39, 0.29) is 41.4 Å². The number of nitrogens with one attached hydrogen (secondary N) is 1. The molecule has 2 saturated heterocycles. The third-order valence-electron chi connectivity index (χ3n) is 14.3. The average molecular weight is 827 g/mol. The van der Waals surface area contributed by atoms with Gasteiger partial charge < -0.3 is 23.8 Å². The second-order valence-corrected chi connectivity index (χ2v) is 20.3. The van der Waals surface area contributed by atoms with Gasteiger partial charge in [0.15, 0.2) is 11.6 Å². The first kappa shape index (κ1) is 41.0. The van der Waals surface area contributed by atoms with Crippen molar-refractivity contribution in [2.24, 2.45) is 17.3 Å². The first-order valence-corrected chi connectivity index (χ1v) is 22.8. The van der Waals surface area contributed by atoms with Crippen molar-refractivity contribution in [1.29, 1.82) is 0 Å². The van der Waals surface area contributed by atoms with Crippen molar-refractivity contribution < 1.29 is 32.2 Å². The molecule has 4 aliphatic heterocycles. The number of carbonyl (C=O) groups is 1. The number of amides is 1. The molecule has 2 aromatic rings. The number of piperazine rings is 1. The minimum Gasteiger partial charge on any atom is -0.489 e. The van der Waals surface area contributed by atoms with E-state index in [0.717, 1.165) is 83.1 Å². The Bertz CT molecular complexity index is 1950. The van der Waals surface area contributed by atoms with Crippen molar-refractivity contribution in [2.75, 3.05) is 91.4 Å². The molecule has 7 atom stereocenters. The van der Waals surface area contributed by atoms with E-state index >= 15 is 0 Å². The van der Waals surface area contributed by atoms with Crippen LogP contribution in [0.4, 0.5) is 5.82 Å². The maximum absolute atomic E-state index is 14.1. The van der Waals surface area contributed by atoms with Crippen LogP contribution in [0.25, 0.3) is 0 Å². The maximum Gasteiger partial charge on any atom is 0.283 e. The van der Waals surface area contributed by atoms with E-state index in [9.17, 15) is 13.2 Å². The van der Waals surface area contributed by atoms with Gasteiger partial charge in [-0.2, -0.15) is 0 Å². The number of carbonyl (C=O) groups excluding carboxylic acids is 1. The molecule has 57 heavy (non-hydrogen) atoms. The number of ether oxygens (including phenoxy) is 4. The Morgan fingerprint density at radius 3 is 2.75 bits per heavy atom. The number of morpholine rings is 1. The zero-order valence-corrected chi connectivity index (χ0v) is 35.6. The van der Waals surface area contributed by atoms with Crippen LogP contribution in [0.3, 0.4) is 0 Å². The lowest BCUT2D eigenvalue weighted by molar-refractivity contribution is -0.136. The van der Waals surface area contributed by atoms with E-state index in [1.165, 1.54) is 11.1 Å². The summed E-state index contributed by atoms with van der Waals surface area (Å²) in [6, 6.07) is 9.94. The summed E-state index contributed by atoms with van der Waals surface area (Å²) in [6.07, 6.45) is 9.99. The Morgan fingerprint density at radius 2 is 1.96 bits per heavy atom. The molecule has 0 radical (unpaired) electrons. The van der Waals surface area contributed by atoms with Gasteiger partial charge in [-0.25, -0.2) is 18.1 Å². The van der Waals surface area contributed by atoms with Gasteiger partial charge in [-0.15, -0.1) is 0 Å². The second kappa shape index (κ2) is 16.3. The number of nitrogens with zero attached hydrogens (tertiary/aromatic N) is 4. The fourth-order valence-corrected chi connectivity index (χ4v) is 12.9. The third kappa shape index (κ3) is 7.99. The van der Waals surface area contributed by atoms with Crippen LogP contribution >= 0.6 is 11.6 Å². The number of fused-ring (bicyclic) bond motifs is 5. The largest absolute Gasteiger partial charge is 0.489 e. The number of hydrogen-bond acceptors (Lipinski definition) is 11. The molecule has 1 aromatic carbocycles. The third-order valence-corrected chi connectivity index (χ3v) is 16.5. The number of benzene rings is 1. The minimum atomic E-state index is -4.12. The maximum atomic E-state index is 14.1. The minimum absolute atomic E-state index is 0.0372. The van der Waals surface area contributed by atoms with Crippen molar-refractivity contribution in [3.63, 3.8) is 0 Å². The highest BCUT2D eigenvalue weighted by Crippen LogP contribution is 2.55. The molecule has 1 amide bonds. The van der Waals surface area contributed by atoms with Crippen molar-refractivity contribution in [3.8, 4) is 5.75 Å². The molecule has 8 rings (SSSR count). The molecular formula is C43H60ClN5O7S. The summed E-state index contributed by atoms with van der Waals surface area (Å²) in [5, 5.41) is -0.143. The number of rotatable bonds is 6. The normalized spacial score (nSPS) is 35.1. The number of halogens is 1. The topological polar surface area (TPSA) is 123 Å². The predicted octanol–water partition coefficient (Wildman–Crippen LogP) is 5.09. The number of aryl methyl sites for hydroxylation is 1. The smallest absolute Gasteiger partial charge is 0.283 e. The fraction of sp³-hybridized carbons (Fsp3) is 0.674. The van der Waals surface area contributed by atoms with E-state index in [4.69, 9.17) is 35.5 Å². The lowest BCUT2D eigenvalue weighted by Crippen LogP contribution is -2.64. The monoisotopic (exact) mass is 825 g/mol. The van der Waals surface area contributed by atoms with Crippen LogP contribution < -0.4 is 14.4 Å². The van der Waals surface area contributed by atoms with Gasteiger partial charge >= 0.3 is 0 Å². The number of aromatic nitrogens is 1. The molecule has 6 aliphatic rings. The number of sulfonamides is 1. The summed E-state index contributed by atoms with van der Waals surface area (Å²) in [5.41, 5.74) is 1.36. The van der Waals surface area contributed by atoms with Gasteiger partial charge in [0.05, 0.1) is 25.1 Å². The second-order valence-electron chi connectivity index (χ2n) is 17.9. The van der Waals surface area contributed by atoms with Gasteiger partial charge in [0, 0.05) is 83.1 Å². The van der Waals surface area contributed by atoms with Crippen molar-refractivity contribution in [3.05, 3.63) is 64.3 Å². The summed E-state index contributed by atoms with van der Waals surface area (Å²) in [6.45, 7) is 12.4. The number of anilines is 1. The molecule has 1 spiro atoms. The van der Waals surface area contributed by atoms with Crippen molar-refractivity contribution in [2.45, 2.75) is 81.1 Å². The van der Waals surface area contributed by atoms with Gasteiger partial charge in [0.1, 0.15) is 11.3 Å². The molecule has 2 bridgehead atoms. The number of allylic oxidation sites excluding steroid dienone is 1. The lowest BCUT2D eigenvalue weighted by atomic mass is 9.54. The van der Waals surface area contributed by atoms with E-state index in [2.05, 4.69) is 50.6 Å². The molecule has 2 aliphatic carbocycles. The number of hydrogen-bond donors (Lipinski definition) is 1. The first-order chi connectivity index (χ1) is 27.4. The summed E-state index contributed by atoms with van der Waals surface area (Å²) < 4.78 is 55.4. The number of pyridine rings is 1. The van der Waals surface area contributed by atoms with Crippen LogP contribution in [0.5, 0.6) is 5.75 Å². The zero-order valence-electron chi connectivity index (χ0n) is 34.0. The Hall–Kier alpha value is -2.78.